The highest BCUT2D eigenvalue weighted by atomic mass is 35.5. The second-order valence-electron chi connectivity index (χ2n) is 7.44. The van der Waals surface area contributed by atoms with E-state index >= 15 is 0 Å². The molecule has 114 valence electrons. The van der Waals surface area contributed by atoms with Gasteiger partial charge in [-0.2, -0.15) is 5.10 Å². The highest BCUT2D eigenvalue weighted by Gasteiger charge is 2.39. The van der Waals surface area contributed by atoms with E-state index in [1.807, 2.05) is 4.68 Å². The number of aromatic nitrogens is 3. The van der Waals surface area contributed by atoms with E-state index in [4.69, 9.17) is 11.6 Å². The second kappa shape index (κ2) is 6.05. The van der Waals surface area contributed by atoms with Crippen LogP contribution in [-0.2, 0) is 13.0 Å². The summed E-state index contributed by atoms with van der Waals surface area (Å²) in [6, 6.07) is 0. The summed E-state index contributed by atoms with van der Waals surface area (Å²) in [6.07, 6.45) is 7.65. The van der Waals surface area contributed by atoms with Crippen molar-refractivity contribution >= 4 is 11.6 Å². The standard InChI is InChI=1S/C16H28ClN3/c1-5-20-14(18-12-19-20)10-16(11-17)8-6-13(7-9-16)15(2,3)4/h12-13H,5-11H2,1-4H3. The largest absolute Gasteiger partial charge is 0.250 e. The van der Waals surface area contributed by atoms with Crippen molar-refractivity contribution < 1.29 is 0 Å². The minimum Gasteiger partial charge on any atom is -0.250 e. The fourth-order valence-corrected chi connectivity index (χ4v) is 3.84. The lowest BCUT2D eigenvalue weighted by molar-refractivity contribution is 0.0996. The molecule has 0 unspecified atom stereocenters. The predicted octanol–water partition coefficient (Wildman–Crippen LogP) is 4.30. The van der Waals surface area contributed by atoms with E-state index in [2.05, 4.69) is 37.8 Å². The predicted molar refractivity (Wildman–Crippen MR) is 84.0 cm³/mol. The first-order chi connectivity index (χ1) is 9.40. The lowest BCUT2D eigenvalue weighted by Crippen LogP contribution is -2.36. The molecule has 0 amide bonds. The summed E-state index contributed by atoms with van der Waals surface area (Å²) < 4.78 is 2.00. The zero-order valence-corrected chi connectivity index (χ0v) is 14.1. The van der Waals surface area contributed by atoms with Crippen molar-refractivity contribution in [2.45, 2.75) is 66.3 Å². The molecular weight excluding hydrogens is 270 g/mol. The molecule has 3 nitrogen and oxygen atoms in total. The fourth-order valence-electron chi connectivity index (χ4n) is 3.48. The van der Waals surface area contributed by atoms with Crippen LogP contribution >= 0.6 is 11.6 Å². The van der Waals surface area contributed by atoms with Crippen molar-refractivity contribution in [3.05, 3.63) is 12.2 Å². The molecular formula is C16H28ClN3. The van der Waals surface area contributed by atoms with Crippen LogP contribution in [0, 0.1) is 16.7 Å². The smallest absolute Gasteiger partial charge is 0.138 e. The van der Waals surface area contributed by atoms with Gasteiger partial charge >= 0.3 is 0 Å². The quantitative estimate of drug-likeness (QED) is 0.776. The van der Waals surface area contributed by atoms with Gasteiger partial charge < -0.3 is 0 Å². The molecule has 0 spiro atoms. The Balaban J connectivity index is 2.06. The molecule has 1 fully saturated rings. The molecule has 1 saturated carbocycles. The van der Waals surface area contributed by atoms with Crippen LogP contribution in [0.2, 0.25) is 0 Å². The molecule has 2 rings (SSSR count). The van der Waals surface area contributed by atoms with Crippen LogP contribution in [0.25, 0.3) is 0 Å². The lowest BCUT2D eigenvalue weighted by atomic mass is 9.63. The second-order valence-corrected chi connectivity index (χ2v) is 7.71. The summed E-state index contributed by atoms with van der Waals surface area (Å²) >= 11 is 6.35. The number of nitrogens with zero attached hydrogens (tertiary/aromatic N) is 3. The highest BCUT2D eigenvalue weighted by Crippen LogP contribution is 2.47. The number of hydrogen-bond donors (Lipinski definition) is 0. The number of rotatable bonds is 4. The van der Waals surface area contributed by atoms with E-state index in [0.717, 1.165) is 30.6 Å². The summed E-state index contributed by atoms with van der Waals surface area (Å²) in [6.45, 7) is 10.1. The Kier molecular flexibility index (Phi) is 4.78. The van der Waals surface area contributed by atoms with Gasteiger partial charge in [-0.1, -0.05) is 20.8 Å². The molecule has 1 aliphatic rings. The minimum atomic E-state index is 0.225. The molecule has 0 atom stereocenters. The molecule has 1 heterocycles. The van der Waals surface area contributed by atoms with Crippen molar-refractivity contribution in [3.63, 3.8) is 0 Å². The van der Waals surface area contributed by atoms with E-state index in [1.165, 1.54) is 25.7 Å². The molecule has 20 heavy (non-hydrogen) atoms. The fraction of sp³-hybridized carbons (Fsp3) is 0.875. The van der Waals surface area contributed by atoms with Crippen LogP contribution in [0.15, 0.2) is 6.33 Å². The maximum Gasteiger partial charge on any atom is 0.138 e. The van der Waals surface area contributed by atoms with Gasteiger partial charge in [0, 0.05) is 18.8 Å². The van der Waals surface area contributed by atoms with E-state index in [1.54, 1.807) is 6.33 Å². The van der Waals surface area contributed by atoms with Crippen molar-refractivity contribution in [1.82, 2.24) is 14.8 Å². The minimum absolute atomic E-state index is 0.225. The lowest BCUT2D eigenvalue weighted by Gasteiger charge is -2.43. The van der Waals surface area contributed by atoms with E-state index in [0.29, 0.717) is 5.41 Å². The third-order valence-corrected chi connectivity index (χ3v) is 5.65. The molecule has 1 aromatic heterocycles. The number of hydrogen-bond acceptors (Lipinski definition) is 2. The maximum absolute atomic E-state index is 6.35. The zero-order valence-electron chi connectivity index (χ0n) is 13.3. The molecule has 1 aromatic rings. The number of halogens is 1. The van der Waals surface area contributed by atoms with Gasteiger partial charge in [-0.3, -0.25) is 4.68 Å². The Morgan fingerprint density at radius 3 is 2.50 bits per heavy atom. The van der Waals surface area contributed by atoms with Crippen LogP contribution in [-0.4, -0.2) is 20.6 Å². The molecule has 0 N–H and O–H groups in total. The summed E-state index contributed by atoms with van der Waals surface area (Å²) in [5.74, 6) is 2.66. The Morgan fingerprint density at radius 2 is 2.00 bits per heavy atom. The van der Waals surface area contributed by atoms with Gasteiger partial charge in [0.1, 0.15) is 12.2 Å². The third-order valence-electron chi connectivity index (χ3n) is 5.08. The molecule has 0 aliphatic heterocycles. The normalized spacial score (nSPS) is 27.8. The first-order valence-electron chi connectivity index (χ1n) is 7.83. The van der Waals surface area contributed by atoms with Crippen molar-refractivity contribution in [2.75, 3.05) is 5.88 Å². The Labute approximate surface area is 128 Å². The summed E-state index contributed by atoms with van der Waals surface area (Å²) in [4.78, 5) is 4.44. The average molecular weight is 298 g/mol. The Morgan fingerprint density at radius 1 is 1.35 bits per heavy atom. The van der Waals surface area contributed by atoms with Gasteiger partial charge in [0.15, 0.2) is 0 Å². The van der Waals surface area contributed by atoms with Gasteiger partial charge in [-0.05, 0) is 49.4 Å². The van der Waals surface area contributed by atoms with Crippen molar-refractivity contribution in [1.29, 1.82) is 0 Å². The molecule has 1 aliphatic carbocycles. The zero-order chi connectivity index (χ0) is 14.8. The SMILES string of the molecule is CCn1ncnc1CC1(CCl)CCC(C(C)(C)C)CC1. The van der Waals surface area contributed by atoms with Crippen LogP contribution < -0.4 is 0 Å². The summed E-state index contributed by atoms with van der Waals surface area (Å²) in [5, 5.41) is 4.28. The van der Waals surface area contributed by atoms with Crippen LogP contribution in [0.3, 0.4) is 0 Å². The summed E-state index contributed by atoms with van der Waals surface area (Å²) in [7, 11) is 0. The third kappa shape index (κ3) is 3.36. The van der Waals surface area contributed by atoms with Crippen LogP contribution in [0.1, 0.15) is 59.2 Å². The number of alkyl halides is 1. The molecule has 0 bridgehead atoms. The molecule has 0 aromatic carbocycles. The van der Waals surface area contributed by atoms with Gasteiger partial charge in [0.25, 0.3) is 0 Å². The Hall–Kier alpha value is -0.570. The molecule has 0 saturated heterocycles. The first-order valence-corrected chi connectivity index (χ1v) is 8.36. The van der Waals surface area contributed by atoms with Crippen molar-refractivity contribution in [2.24, 2.45) is 16.7 Å². The topological polar surface area (TPSA) is 30.7 Å². The summed E-state index contributed by atoms with van der Waals surface area (Å²) in [5.41, 5.74) is 0.644. The Bertz CT molecular complexity index is 425. The van der Waals surface area contributed by atoms with Crippen molar-refractivity contribution in [3.8, 4) is 0 Å². The van der Waals surface area contributed by atoms with E-state index in [9.17, 15) is 0 Å². The first kappa shape index (κ1) is 15.8. The van der Waals surface area contributed by atoms with Gasteiger partial charge in [-0.15, -0.1) is 11.6 Å². The van der Waals surface area contributed by atoms with Gasteiger partial charge in [-0.25, -0.2) is 4.98 Å². The highest BCUT2D eigenvalue weighted by molar-refractivity contribution is 6.18. The molecule has 4 heteroatoms. The number of aryl methyl sites for hydroxylation is 1. The van der Waals surface area contributed by atoms with Gasteiger partial charge in [0.2, 0.25) is 0 Å². The van der Waals surface area contributed by atoms with Crippen LogP contribution in [0.4, 0.5) is 0 Å². The van der Waals surface area contributed by atoms with E-state index < -0.39 is 0 Å². The van der Waals surface area contributed by atoms with Gasteiger partial charge in [0.05, 0.1) is 0 Å². The maximum atomic E-state index is 6.35. The van der Waals surface area contributed by atoms with E-state index in [-0.39, 0.29) is 5.41 Å². The average Bonchev–Trinajstić information content (AvgIpc) is 2.85. The van der Waals surface area contributed by atoms with Crippen LogP contribution in [0.5, 0.6) is 0 Å². The molecule has 0 radical (unpaired) electrons. The monoisotopic (exact) mass is 297 g/mol.